The molecule has 0 aliphatic rings. The largest absolute Gasteiger partial charge is 0.368 e. The van der Waals surface area contributed by atoms with Gasteiger partial charge in [-0.15, -0.1) is 0 Å². The van der Waals surface area contributed by atoms with Crippen LogP contribution in [0.3, 0.4) is 0 Å². The van der Waals surface area contributed by atoms with E-state index in [0.29, 0.717) is 11.5 Å². The molecule has 8 heteroatoms. The highest BCUT2D eigenvalue weighted by Gasteiger charge is 2.12. The normalized spacial score (nSPS) is 12.7. The highest BCUT2D eigenvalue weighted by Crippen LogP contribution is 2.22. The lowest BCUT2D eigenvalue weighted by Gasteiger charge is -2.13. The summed E-state index contributed by atoms with van der Waals surface area (Å²) >= 11 is 0. The lowest BCUT2D eigenvalue weighted by molar-refractivity contribution is 0.877. The fraction of sp³-hybridized carbons (Fsp3) is 0.200. The Labute approximate surface area is 102 Å². The van der Waals surface area contributed by atoms with Gasteiger partial charge in [0.05, 0.1) is 18.6 Å². The van der Waals surface area contributed by atoms with E-state index in [2.05, 4.69) is 35.5 Å². The van der Waals surface area contributed by atoms with Gasteiger partial charge in [-0.2, -0.15) is 15.1 Å². The smallest absolute Gasteiger partial charge is 0.224 e. The SMILES string of the molecule is CC(Nc1nc(N)nc2nc[nH]c12)c1cn[nH]c1. The minimum absolute atomic E-state index is 0.0459. The molecule has 0 saturated heterocycles. The van der Waals surface area contributed by atoms with Gasteiger partial charge in [-0.1, -0.05) is 0 Å². The molecule has 92 valence electrons. The molecule has 3 rings (SSSR count). The van der Waals surface area contributed by atoms with Crippen molar-refractivity contribution in [2.24, 2.45) is 0 Å². The van der Waals surface area contributed by atoms with Crippen LogP contribution in [0.4, 0.5) is 11.8 Å². The van der Waals surface area contributed by atoms with Gasteiger partial charge in [-0.3, -0.25) is 5.10 Å². The molecule has 0 radical (unpaired) electrons. The highest BCUT2D eigenvalue weighted by atomic mass is 15.1. The molecular formula is C10H12N8. The molecule has 5 N–H and O–H groups in total. The molecule has 0 spiro atoms. The van der Waals surface area contributed by atoms with Crippen LogP contribution in [0.5, 0.6) is 0 Å². The first-order valence-corrected chi connectivity index (χ1v) is 5.46. The van der Waals surface area contributed by atoms with Crippen LogP contribution in [-0.4, -0.2) is 30.1 Å². The fourth-order valence-electron chi connectivity index (χ4n) is 1.74. The lowest BCUT2D eigenvalue weighted by Crippen LogP contribution is -2.09. The second kappa shape index (κ2) is 3.99. The van der Waals surface area contributed by atoms with Crippen molar-refractivity contribution < 1.29 is 0 Å². The van der Waals surface area contributed by atoms with Crippen LogP contribution < -0.4 is 11.1 Å². The maximum atomic E-state index is 5.64. The molecule has 3 aromatic heterocycles. The number of hydrogen-bond donors (Lipinski definition) is 4. The standard InChI is InChI=1S/C10H12N8/c1-5(6-2-14-15-3-6)16-9-7-8(13-4-12-7)17-10(11)18-9/h2-5H,1H3,(H,14,15)(H4,11,12,13,16,17,18). The molecule has 0 amide bonds. The van der Waals surface area contributed by atoms with E-state index in [9.17, 15) is 0 Å². The molecule has 1 unspecified atom stereocenters. The summed E-state index contributed by atoms with van der Waals surface area (Å²) in [7, 11) is 0. The van der Waals surface area contributed by atoms with Crippen LogP contribution in [0, 0.1) is 0 Å². The zero-order chi connectivity index (χ0) is 12.5. The van der Waals surface area contributed by atoms with Gasteiger partial charge < -0.3 is 16.0 Å². The Morgan fingerprint density at radius 1 is 1.39 bits per heavy atom. The number of nitrogens with zero attached hydrogens (tertiary/aromatic N) is 4. The van der Waals surface area contributed by atoms with Crippen molar-refractivity contribution >= 4 is 22.9 Å². The number of hydrogen-bond acceptors (Lipinski definition) is 6. The van der Waals surface area contributed by atoms with E-state index >= 15 is 0 Å². The second-order valence-corrected chi connectivity index (χ2v) is 3.93. The van der Waals surface area contributed by atoms with Crippen molar-refractivity contribution in [2.45, 2.75) is 13.0 Å². The van der Waals surface area contributed by atoms with Gasteiger partial charge in [-0.25, -0.2) is 4.98 Å². The van der Waals surface area contributed by atoms with E-state index < -0.39 is 0 Å². The Morgan fingerprint density at radius 3 is 3.06 bits per heavy atom. The van der Waals surface area contributed by atoms with Crippen molar-refractivity contribution in [3.8, 4) is 0 Å². The fourth-order valence-corrected chi connectivity index (χ4v) is 1.74. The van der Waals surface area contributed by atoms with Crippen molar-refractivity contribution in [3.05, 3.63) is 24.3 Å². The Balaban J connectivity index is 1.97. The summed E-state index contributed by atoms with van der Waals surface area (Å²) in [6, 6.07) is 0.0459. The first-order valence-electron chi connectivity index (χ1n) is 5.46. The zero-order valence-corrected chi connectivity index (χ0v) is 9.68. The minimum Gasteiger partial charge on any atom is -0.368 e. The Bertz CT molecular complexity index is 656. The third kappa shape index (κ3) is 1.73. The lowest BCUT2D eigenvalue weighted by atomic mass is 10.2. The first-order chi connectivity index (χ1) is 8.74. The number of nitrogens with two attached hydrogens (primary N) is 1. The number of nitrogen functional groups attached to an aromatic ring is 1. The number of anilines is 2. The van der Waals surface area contributed by atoms with E-state index in [1.807, 2.05) is 13.1 Å². The second-order valence-electron chi connectivity index (χ2n) is 3.93. The molecule has 3 heterocycles. The number of aromatic nitrogens is 6. The maximum absolute atomic E-state index is 5.64. The maximum Gasteiger partial charge on any atom is 0.224 e. The van der Waals surface area contributed by atoms with E-state index in [1.54, 1.807) is 12.5 Å². The van der Waals surface area contributed by atoms with E-state index in [-0.39, 0.29) is 12.0 Å². The topological polar surface area (TPSA) is 121 Å². The predicted molar refractivity (Wildman–Crippen MR) is 66.7 cm³/mol. The minimum atomic E-state index is 0.0459. The molecule has 0 saturated carbocycles. The molecule has 1 atom stereocenters. The average Bonchev–Trinajstić information content (AvgIpc) is 2.98. The van der Waals surface area contributed by atoms with Crippen LogP contribution in [0.25, 0.3) is 11.2 Å². The number of fused-ring (bicyclic) bond motifs is 1. The van der Waals surface area contributed by atoms with E-state index in [1.165, 1.54) is 0 Å². The summed E-state index contributed by atoms with van der Waals surface area (Å²) in [6.07, 6.45) is 5.14. The molecule has 0 bridgehead atoms. The van der Waals surface area contributed by atoms with Crippen LogP contribution in [-0.2, 0) is 0 Å². The molecular weight excluding hydrogens is 232 g/mol. The summed E-state index contributed by atoms with van der Waals surface area (Å²) in [5.41, 5.74) is 7.95. The number of nitrogens with one attached hydrogen (secondary N) is 3. The van der Waals surface area contributed by atoms with Crippen molar-refractivity contribution in [1.29, 1.82) is 0 Å². The Hall–Kier alpha value is -2.64. The summed E-state index contributed by atoms with van der Waals surface area (Å²) in [5, 5.41) is 9.94. The van der Waals surface area contributed by atoms with Crippen molar-refractivity contribution in [2.75, 3.05) is 11.1 Å². The third-order valence-electron chi connectivity index (χ3n) is 2.68. The number of H-pyrrole nitrogens is 2. The third-order valence-corrected chi connectivity index (χ3v) is 2.68. The summed E-state index contributed by atoms with van der Waals surface area (Å²) < 4.78 is 0. The predicted octanol–water partition coefficient (Wildman–Crippen LogP) is 0.831. The van der Waals surface area contributed by atoms with Gasteiger partial charge in [0.15, 0.2) is 11.5 Å². The van der Waals surface area contributed by atoms with Gasteiger partial charge in [0.25, 0.3) is 0 Å². The first kappa shape index (κ1) is 10.5. The number of rotatable bonds is 3. The van der Waals surface area contributed by atoms with Crippen LogP contribution in [0.1, 0.15) is 18.5 Å². The molecule has 3 aromatic rings. The van der Waals surface area contributed by atoms with E-state index in [0.717, 1.165) is 11.1 Å². The van der Waals surface area contributed by atoms with Gasteiger partial charge in [0.2, 0.25) is 5.95 Å². The van der Waals surface area contributed by atoms with Gasteiger partial charge >= 0.3 is 0 Å². The molecule has 18 heavy (non-hydrogen) atoms. The molecule has 0 aliphatic heterocycles. The number of aromatic amines is 2. The summed E-state index contributed by atoms with van der Waals surface area (Å²) in [4.78, 5) is 15.3. The zero-order valence-electron chi connectivity index (χ0n) is 9.68. The molecule has 0 aromatic carbocycles. The van der Waals surface area contributed by atoms with Crippen molar-refractivity contribution in [1.82, 2.24) is 30.1 Å². The number of imidazole rings is 1. The highest BCUT2D eigenvalue weighted by molar-refractivity contribution is 5.83. The van der Waals surface area contributed by atoms with Crippen LogP contribution in [0.15, 0.2) is 18.7 Å². The Kier molecular flexibility index (Phi) is 2.33. The summed E-state index contributed by atoms with van der Waals surface area (Å²) in [5.74, 6) is 0.820. The molecule has 0 fully saturated rings. The van der Waals surface area contributed by atoms with Crippen LogP contribution >= 0.6 is 0 Å². The average molecular weight is 244 g/mol. The quantitative estimate of drug-likeness (QED) is 0.541. The van der Waals surface area contributed by atoms with Crippen molar-refractivity contribution in [3.63, 3.8) is 0 Å². The monoisotopic (exact) mass is 244 g/mol. The van der Waals surface area contributed by atoms with Crippen LogP contribution in [0.2, 0.25) is 0 Å². The van der Waals surface area contributed by atoms with Gasteiger partial charge in [0, 0.05) is 11.8 Å². The van der Waals surface area contributed by atoms with Gasteiger partial charge in [0.1, 0.15) is 5.52 Å². The summed E-state index contributed by atoms with van der Waals surface area (Å²) in [6.45, 7) is 2.01. The Morgan fingerprint density at radius 2 is 2.28 bits per heavy atom. The molecule has 0 aliphatic carbocycles. The van der Waals surface area contributed by atoms with Gasteiger partial charge in [-0.05, 0) is 6.92 Å². The van der Waals surface area contributed by atoms with E-state index in [4.69, 9.17) is 5.73 Å². The molecule has 8 nitrogen and oxygen atoms in total.